The molecule has 10 rings (SSSR count). The fraction of sp³-hybridized carbons (Fsp3) is 0.153. The number of aromatic hydroxyl groups is 2. The van der Waals surface area contributed by atoms with E-state index in [4.69, 9.17) is 16.8 Å². The van der Waals surface area contributed by atoms with Gasteiger partial charge >= 0.3 is 25.3 Å². The molecule has 8 aromatic carbocycles. The first-order chi connectivity index (χ1) is 32.9. The molecule has 0 bridgehead atoms. The molecule has 8 nitrogen and oxygen atoms in total. The Morgan fingerprint density at radius 3 is 1.25 bits per heavy atom. The van der Waals surface area contributed by atoms with Gasteiger partial charge in [0.2, 0.25) is 0 Å². The number of rotatable bonds is 10. The quantitative estimate of drug-likeness (QED) is 0.133. The van der Waals surface area contributed by atoms with Crippen LogP contribution in [0, 0.1) is 33.1 Å². The van der Waals surface area contributed by atoms with Crippen LogP contribution in [-0.4, -0.2) is 44.9 Å². The van der Waals surface area contributed by atoms with Crippen LogP contribution in [0.1, 0.15) is 47.2 Å². The Morgan fingerprint density at radius 2 is 0.868 bits per heavy atom. The maximum absolute atomic E-state index is 11.3. The van der Waals surface area contributed by atoms with Crippen LogP contribution in [0.4, 0.5) is 0 Å². The van der Waals surface area contributed by atoms with Crippen LogP contribution in [0.15, 0.2) is 168 Å². The van der Waals surface area contributed by atoms with Gasteiger partial charge in [0.05, 0.1) is 22.1 Å². The molecule has 10 aromatic rings. The molecule has 0 unspecified atom stereocenters. The number of hydrogen-bond acceptors (Lipinski definition) is 6. The summed E-state index contributed by atoms with van der Waals surface area (Å²) in [4.78, 5) is 9.54. The predicted octanol–water partition coefficient (Wildman–Crippen LogP) is 14.2. The van der Waals surface area contributed by atoms with Gasteiger partial charge < -0.3 is 19.3 Å². The molecule has 2 N–H and O–H groups in total. The van der Waals surface area contributed by atoms with Gasteiger partial charge in [0.25, 0.3) is 0 Å². The zero-order chi connectivity index (χ0) is 47.7. The van der Waals surface area contributed by atoms with E-state index < -0.39 is 18.5 Å². The molecule has 0 fully saturated rings. The van der Waals surface area contributed by atoms with Crippen molar-refractivity contribution < 1.29 is 35.5 Å². The zero-order valence-electron chi connectivity index (χ0n) is 39.0. The third-order valence-corrected chi connectivity index (χ3v) is 13.0. The molecule has 9 heteroatoms. The normalized spacial score (nSPS) is 11.9. The second-order valence-corrected chi connectivity index (χ2v) is 18.8. The van der Waals surface area contributed by atoms with Crippen LogP contribution in [-0.2, 0) is 25.3 Å². The van der Waals surface area contributed by atoms with Crippen LogP contribution in [0.25, 0.3) is 77.2 Å². The van der Waals surface area contributed by atoms with Crippen molar-refractivity contribution in [3.05, 3.63) is 191 Å². The van der Waals surface area contributed by atoms with Crippen LogP contribution in [0.5, 0.6) is 11.5 Å². The Balaban J connectivity index is 0.00000188. The Morgan fingerprint density at radius 1 is 0.500 bits per heavy atom. The molecule has 0 saturated carbocycles. The molecule has 68 heavy (non-hydrogen) atoms. The second kappa shape index (κ2) is 19.1. The van der Waals surface area contributed by atoms with E-state index in [-0.39, 0.29) is 16.9 Å². The van der Waals surface area contributed by atoms with Crippen molar-refractivity contribution >= 4 is 56.0 Å². The molecular weight excluding hydrogens is 1010 g/mol. The summed E-state index contributed by atoms with van der Waals surface area (Å²) >= 11 is -2.25. The number of phenols is 2. The number of aryl methyl sites for hydroxylation is 4. The first-order valence-electron chi connectivity index (χ1n) is 22.7. The Bertz CT molecular complexity index is 3400. The molecule has 0 spiro atoms. The molecule has 0 atom stereocenters. The molecule has 2 heterocycles. The van der Waals surface area contributed by atoms with E-state index in [1.54, 1.807) is 12.4 Å². The number of hydrogen-bond donors (Lipinski definition) is 2. The molecule has 0 amide bonds. The van der Waals surface area contributed by atoms with Gasteiger partial charge in [-0.3, -0.25) is 9.98 Å². The number of aliphatic imine (C=N–C) groups is 2. The average Bonchev–Trinajstić information content (AvgIpc) is 3.84. The van der Waals surface area contributed by atoms with Crippen molar-refractivity contribution in [1.29, 1.82) is 0 Å². The number of benzene rings is 8. The Hall–Kier alpha value is -7.41. The summed E-state index contributed by atoms with van der Waals surface area (Å²) in [6, 6.07) is 54.5. The second-order valence-electron chi connectivity index (χ2n) is 18.3. The van der Waals surface area contributed by atoms with Crippen molar-refractivity contribution in [1.82, 2.24) is 9.13 Å². The van der Waals surface area contributed by atoms with Gasteiger partial charge in [-0.1, -0.05) is 98.8 Å². The number of fused-ring (bicyclic) bond motifs is 6. The third-order valence-electron chi connectivity index (χ3n) is 13.0. The molecule has 0 aliphatic carbocycles. The van der Waals surface area contributed by atoms with Gasteiger partial charge in [0, 0.05) is 75.0 Å². The minimum atomic E-state index is -2.25. The van der Waals surface area contributed by atoms with E-state index in [1.807, 2.05) is 36.4 Å². The standard InChI is InChI=1S/C59H52N4O2.2O.W/c1-37-29-51-57(47-21-13-15-23-49(47)62(51)45-17-9-7-10-18-45)39(3)55(37)41-25-27-43(53(64)31-41)33-60-35-59(5,6)36-61-34-44-28-26-42(32-54(44)65)56-38(2)30-52-58(40(56)4)48-22-14-16-24-50(48)63(52)46-19-11-8-12-20-46;;;/h7-34,64-65H,35-36H2,1-6H3;;;. The zero-order valence-corrected chi connectivity index (χ0v) is 41.9. The van der Waals surface area contributed by atoms with E-state index in [0.29, 0.717) is 24.2 Å². The van der Waals surface area contributed by atoms with Crippen molar-refractivity contribution in [2.75, 3.05) is 13.1 Å². The van der Waals surface area contributed by atoms with Gasteiger partial charge in [-0.2, -0.15) is 0 Å². The number of para-hydroxylation sites is 4. The summed E-state index contributed by atoms with van der Waals surface area (Å²) in [5, 5.41) is 27.5. The van der Waals surface area contributed by atoms with E-state index in [2.05, 4.69) is 172 Å². The monoisotopic (exact) mass is 1060 g/mol. The van der Waals surface area contributed by atoms with Crippen molar-refractivity contribution in [3.63, 3.8) is 0 Å². The Kier molecular flexibility index (Phi) is 12.8. The van der Waals surface area contributed by atoms with Crippen molar-refractivity contribution in [2.45, 2.75) is 41.5 Å². The fourth-order valence-corrected chi connectivity index (χ4v) is 10.0. The molecule has 338 valence electrons. The first kappa shape index (κ1) is 45.7. The summed E-state index contributed by atoms with van der Waals surface area (Å²) in [6.45, 7) is 14.0. The predicted molar refractivity (Wildman–Crippen MR) is 275 cm³/mol. The van der Waals surface area contributed by atoms with Crippen LogP contribution in [0.2, 0.25) is 0 Å². The van der Waals surface area contributed by atoms with E-state index in [0.717, 1.165) is 44.8 Å². The topological polar surface area (TPSA) is 109 Å². The van der Waals surface area contributed by atoms with Crippen LogP contribution in [0.3, 0.4) is 0 Å². The number of phenolic OH excluding ortho intramolecular Hbond substituents is 2. The maximum atomic E-state index is 11.3. The van der Waals surface area contributed by atoms with E-state index in [1.165, 1.54) is 54.7 Å². The van der Waals surface area contributed by atoms with Crippen molar-refractivity contribution in [3.8, 4) is 45.1 Å². The van der Waals surface area contributed by atoms with Gasteiger partial charge in [0.15, 0.2) is 0 Å². The molecule has 2 aromatic heterocycles. The van der Waals surface area contributed by atoms with Gasteiger partial charge in [-0.25, -0.2) is 0 Å². The molecule has 0 radical (unpaired) electrons. The number of nitrogens with zero attached hydrogens (tertiary/aromatic N) is 4. The summed E-state index contributed by atoms with van der Waals surface area (Å²) < 4.78 is 21.8. The number of aromatic nitrogens is 2. The third kappa shape index (κ3) is 8.57. The summed E-state index contributed by atoms with van der Waals surface area (Å²) in [5.41, 5.74) is 16.9. The molecular formula is C59H52N4O4W. The minimum absolute atomic E-state index is 0.191. The molecule has 0 aliphatic heterocycles. The van der Waals surface area contributed by atoms with E-state index >= 15 is 0 Å². The summed E-state index contributed by atoms with van der Waals surface area (Å²) in [6.07, 6.45) is 3.51. The average molecular weight is 1060 g/mol. The van der Waals surface area contributed by atoms with Crippen molar-refractivity contribution in [2.24, 2.45) is 15.4 Å². The van der Waals surface area contributed by atoms with Crippen LogP contribution >= 0.6 is 0 Å². The Labute approximate surface area is 404 Å². The SMILES string of the molecule is Cc1cc2c(c(C)c1-c1ccc(C=NCC(C)(C)CN=Cc3ccc(-c4c(C)cc5c(c4C)c4ccccc4n5-c4ccccc4)cc3O)c(O)c1)c1ccccc1n2-c1ccccc1.[O]=[W]=[O]. The van der Waals surface area contributed by atoms with Gasteiger partial charge in [-0.05, 0) is 145 Å². The molecule has 0 saturated heterocycles. The van der Waals surface area contributed by atoms with Gasteiger partial charge in [-0.15, -0.1) is 0 Å². The molecule has 0 aliphatic rings. The first-order valence-corrected chi connectivity index (χ1v) is 25.1. The van der Waals surface area contributed by atoms with Crippen LogP contribution < -0.4 is 0 Å². The van der Waals surface area contributed by atoms with E-state index in [9.17, 15) is 10.2 Å². The fourth-order valence-electron chi connectivity index (χ4n) is 10.0. The van der Waals surface area contributed by atoms with Gasteiger partial charge in [0.1, 0.15) is 11.5 Å². The summed E-state index contributed by atoms with van der Waals surface area (Å²) in [7, 11) is 0. The summed E-state index contributed by atoms with van der Waals surface area (Å²) in [5.74, 6) is 0.381.